The average Bonchev–Trinajstić information content (AvgIpc) is 3.37. The van der Waals surface area contributed by atoms with Crippen molar-refractivity contribution in [2.45, 2.75) is 26.7 Å². The maximum Gasteiger partial charge on any atom is 0.254 e. The minimum Gasteiger partial charge on any atom is -0.352 e. The van der Waals surface area contributed by atoms with E-state index in [-0.39, 0.29) is 5.91 Å². The van der Waals surface area contributed by atoms with E-state index in [1.165, 1.54) is 6.42 Å². The van der Waals surface area contributed by atoms with E-state index < -0.39 is 0 Å². The summed E-state index contributed by atoms with van der Waals surface area (Å²) in [6.07, 6.45) is 5.75. The van der Waals surface area contributed by atoms with Gasteiger partial charge in [-0.3, -0.25) is 4.79 Å². The smallest absolute Gasteiger partial charge is 0.254 e. The normalized spacial score (nSPS) is 17.4. The predicted molar refractivity (Wildman–Crippen MR) is 114 cm³/mol. The Hall–Kier alpha value is -2.58. The molecule has 0 bridgehead atoms. The number of hydrogen-bond donors (Lipinski definition) is 1. The minimum atomic E-state index is -0.0902. The summed E-state index contributed by atoms with van der Waals surface area (Å²) in [5, 5.41) is 9.50. The first kappa shape index (κ1) is 19.7. The summed E-state index contributed by atoms with van der Waals surface area (Å²) in [6, 6.07) is 4.05. The van der Waals surface area contributed by atoms with Crippen LogP contribution in [0.15, 0.2) is 29.9 Å². The number of carbonyl (C=O) groups is 1. The average molecular weight is 411 g/mol. The Morgan fingerprint density at radius 3 is 2.97 bits per heavy atom. The second kappa shape index (κ2) is 8.42. The number of rotatable bonds is 5. The van der Waals surface area contributed by atoms with Crippen molar-refractivity contribution in [3.8, 4) is 16.5 Å². The van der Waals surface area contributed by atoms with Crippen LogP contribution in [0.3, 0.4) is 0 Å². The standard InChI is InChI=1S/C21H26N6OS/c1-14-10-23-21(25-19(14)18-7-5-9-29-18)27-15(2)17(12-24-27)20(28)22-11-16-6-4-8-26(3)13-16/h5,7,9-10,12,16H,4,6,8,11,13H2,1-3H3,(H,22,28). The molecule has 1 aliphatic heterocycles. The molecule has 152 valence electrons. The van der Waals surface area contributed by atoms with Crippen LogP contribution in [0.4, 0.5) is 0 Å². The lowest BCUT2D eigenvalue weighted by Crippen LogP contribution is -2.39. The topological polar surface area (TPSA) is 75.9 Å². The summed E-state index contributed by atoms with van der Waals surface area (Å²) < 4.78 is 1.64. The van der Waals surface area contributed by atoms with Crippen LogP contribution >= 0.6 is 11.3 Å². The lowest BCUT2D eigenvalue weighted by atomic mass is 9.98. The number of piperidine rings is 1. The van der Waals surface area contributed by atoms with Crippen LogP contribution < -0.4 is 5.32 Å². The zero-order valence-electron chi connectivity index (χ0n) is 17.1. The van der Waals surface area contributed by atoms with E-state index >= 15 is 0 Å². The van der Waals surface area contributed by atoms with Gasteiger partial charge >= 0.3 is 0 Å². The Labute approximate surface area is 174 Å². The van der Waals surface area contributed by atoms with Crippen LogP contribution in [0.25, 0.3) is 16.5 Å². The Kier molecular flexibility index (Phi) is 5.73. The molecule has 1 N–H and O–H groups in total. The van der Waals surface area contributed by atoms with Crippen molar-refractivity contribution < 1.29 is 4.79 Å². The first-order valence-electron chi connectivity index (χ1n) is 9.92. The number of aryl methyl sites for hydroxylation is 1. The molecule has 0 aromatic carbocycles. The predicted octanol–water partition coefficient (Wildman–Crippen LogP) is 3.08. The van der Waals surface area contributed by atoms with Crippen LogP contribution in [0.5, 0.6) is 0 Å². The zero-order valence-corrected chi connectivity index (χ0v) is 17.9. The molecule has 3 aromatic heterocycles. The van der Waals surface area contributed by atoms with Crippen molar-refractivity contribution in [3.63, 3.8) is 0 Å². The molecule has 1 amide bonds. The molecule has 0 spiro atoms. The fourth-order valence-electron chi connectivity index (χ4n) is 3.80. The molecule has 0 radical (unpaired) electrons. The summed E-state index contributed by atoms with van der Waals surface area (Å²) in [5.74, 6) is 0.888. The van der Waals surface area contributed by atoms with E-state index in [4.69, 9.17) is 4.98 Å². The third kappa shape index (κ3) is 4.23. The molecule has 7 nitrogen and oxygen atoms in total. The van der Waals surface area contributed by atoms with E-state index in [0.29, 0.717) is 24.0 Å². The van der Waals surface area contributed by atoms with E-state index in [0.717, 1.165) is 41.3 Å². The maximum atomic E-state index is 12.7. The number of hydrogen-bond acceptors (Lipinski definition) is 6. The number of amides is 1. The Balaban J connectivity index is 1.51. The summed E-state index contributed by atoms with van der Waals surface area (Å²) in [7, 11) is 2.13. The highest BCUT2D eigenvalue weighted by atomic mass is 32.1. The molecule has 1 aliphatic rings. The second-order valence-electron chi connectivity index (χ2n) is 7.71. The van der Waals surface area contributed by atoms with Crippen molar-refractivity contribution in [2.24, 2.45) is 5.92 Å². The molecule has 0 saturated carbocycles. The number of carbonyl (C=O) groups excluding carboxylic acids is 1. The van der Waals surface area contributed by atoms with Crippen molar-refractivity contribution in [1.29, 1.82) is 0 Å². The second-order valence-corrected chi connectivity index (χ2v) is 8.66. The highest BCUT2D eigenvalue weighted by Gasteiger charge is 2.21. The fraction of sp³-hybridized carbons (Fsp3) is 0.429. The van der Waals surface area contributed by atoms with Crippen molar-refractivity contribution in [1.82, 2.24) is 30.0 Å². The van der Waals surface area contributed by atoms with Gasteiger partial charge in [-0.2, -0.15) is 5.10 Å². The van der Waals surface area contributed by atoms with E-state index in [1.54, 1.807) is 28.4 Å². The van der Waals surface area contributed by atoms with Gasteiger partial charge in [0.2, 0.25) is 0 Å². The summed E-state index contributed by atoms with van der Waals surface area (Å²) in [4.78, 5) is 25.3. The summed E-state index contributed by atoms with van der Waals surface area (Å²) in [5.41, 5.74) is 3.21. The van der Waals surface area contributed by atoms with Gasteiger partial charge < -0.3 is 10.2 Å². The number of likely N-dealkylation sites (tertiary alicyclic amines) is 1. The molecule has 0 aliphatic carbocycles. The van der Waals surface area contributed by atoms with E-state index in [9.17, 15) is 4.79 Å². The molecule has 1 atom stereocenters. The SMILES string of the molecule is Cc1cnc(-n2ncc(C(=O)NCC3CCCN(C)C3)c2C)nc1-c1cccs1. The van der Waals surface area contributed by atoms with Gasteiger partial charge in [0, 0.05) is 19.3 Å². The minimum absolute atomic E-state index is 0.0902. The Morgan fingerprint density at radius 1 is 1.34 bits per heavy atom. The van der Waals surface area contributed by atoms with Crippen LogP contribution in [0.2, 0.25) is 0 Å². The molecular weight excluding hydrogens is 384 g/mol. The molecule has 3 aromatic rings. The van der Waals surface area contributed by atoms with Crippen LogP contribution in [0.1, 0.15) is 34.5 Å². The van der Waals surface area contributed by atoms with Crippen molar-refractivity contribution in [3.05, 3.63) is 46.7 Å². The number of nitrogens with one attached hydrogen (secondary N) is 1. The molecule has 29 heavy (non-hydrogen) atoms. The third-order valence-corrected chi connectivity index (χ3v) is 6.31. The fourth-order valence-corrected chi connectivity index (χ4v) is 4.58. The van der Waals surface area contributed by atoms with Crippen molar-refractivity contribution >= 4 is 17.2 Å². The van der Waals surface area contributed by atoms with Gasteiger partial charge in [-0.15, -0.1) is 11.3 Å². The van der Waals surface area contributed by atoms with E-state index in [2.05, 4.69) is 27.3 Å². The van der Waals surface area contributed by atoms with Gasteiger partial charge in [-0.25, -0.2) is 14.6 Å². The van der Waals surface area contributed by atoms with E-state index in [1.807, 2.05) is 31.4 Å². The van der Waals surface area contributed by atoms with Crippen LogP contribution in [0, 0.1) is 19.8 Å². The molecule has 1 fully saturated rings. The Morgan fingerprint density at radius 2 is 2.21 bits per heavy atom. The quantitative estimate of drug-likeness (QED) is 0.700. The highest BCUT2D eigenvalue weighted by Crippen LogP contribution is 2.26. The molecule has 4 heterocycles. The number of nitrogens with zero attached hydrogens (tertiary/aromatic N) is 5. The molecule has 8 heteroatoms. The van der Waals surface area contributed by atoms with Gasteiger partial charge in [0.05, 0.1) is 28.0 Å². The molecular formula is C21H26N6OS. The largest absolute Gasteiger partial charge is 0.352 e. The van der Waals surface area contributed by atoms with Gasteiger partial charge in [0.15, 0.2) is 0 Å². The Bertz CT molecular complexity index is 997. The van der Waals surface area contributed by atoms with Gasteiger partial charge in [-0.1, -0.05) is 6.07 Å². The number of aromatic nitrogens is 4. The lowest BCUT2D eigenvalue weighted by Gasteiger charge is -2.29. The molecule has 1 unspecified atom stereocenters. The summed E-state index contributed by atoms with van der Waals surface area (Å²) in [6.45, 7) is 6.74. The summed E-state index contributed by atoms with van der Waals surface area (Å²) >= 11 is 1.64. The maximum absolute atomic E-state index is 12.7. The van der Waals surface area contributed by atoms with Crippen LogP contribution in [-0.2, 0) is 0 Å². The highest BCUT2D eigenvalue weighted by molar-refractivity contribution is 7.13. The molecule has 1 saturated heterocycles. The lowest BCUT2D eigenvalue weighted by molar-refractivity contribution is 0.0936. The van der Waals surface area contributed by atoms with Gasteiger partial charge in [0.25, 0.3) is 11.9 Å². The van der Waals surface area contributed by atoms with Crippen LogP contribution in [-0.4, -0.2) is 57.2 Å². The number of thiophene rings is 1. The first-order chi connectivity index (χ1) is 14.0. The van der Waals surface area contributed by atoms with Crippen molar-refractivity contribution in [2.75, 3.05) is 26.7 Å². The first-order valence-corrected chi connectivity index (χ1v) is 10.8. The molecule has 4 rings (SSSR count). The monoisotopic (exact) mass is 410 g/mol. The van der Waals surface area contributed by atoms with Gasteiger partial charge in [0.1, 0.15) is 0 Å². The third-order valence-electron chi connectivity index (χ3n) is 5.43. The zero-order chi connectivity index (χ0) is 20.4. The van der Waals surface area contributed by atoms with Gasteiger partial charge in [-0.05, 0) is 63.2 Å².